The molecule has 0 aromatic carbocycles. The highest BCUT2D eigenvalue weighted by Gasteiger charge is 2.28. The Kier molecular flexibility index (Phi) is 6.05. The van der Waals surface area contributed by atoms with Crippen molar-refractivity contribution in [3.63, 3.8) is 0 Å². The van der Waals surface area contributed by atoms with Gasteiger partial charge in [-0.05, 0) is 37.6 Å². The van der Waals surface area contributed by atoms with E-state index in [0.717, 1.165) is 26.2 Å². The second kappa shape index (κ2) is 6.80. The van der Waals surface area contributed by atoms with Crippen molar-refractivity contribution in [3.8, 4) is 0 Å². The van der Waals surface area contributed by atoms with E-state index in [9.17, 15) is 0 Å². The van der Waals surface area contributed by atoms with Gasteiger partial charge >= 0.3 is 0 Å². The number of ether oxygens (including phenoxy) is 1. The van der Waals surface area contributed by atoms with Crippen LogP contribution in [0.3, 0.4) is 0 Å². The summed E-state index contributed by atoms with van der Waals surface area (Å²) in [5.41, 5.74) is 0.467. The third-order valence-corrected chi connectivity index (χ3v) is 3.65. The van der Waals surface area contributed by atoms with Crippen LogP contribution in [-0.4, -0.2) is 38.9 Å². The fourth-order valence-corrected chi connectivity index (χ4v) is 2.52. The van der Waals surface area contributed by atoms with Crippen LogP contribution >= 0.6 is 12.4 Å². The number of hydrogen-bond acceptors (Lipinski definition) is 3. The first-order valence-corrected chi connectivity index (χ1v) is 6.32. The number of rotatable bonds is 4. The van der Waals surface area contributed by atoms with Crippen molar-refractivity contribution < 1.29 is 4.74 Å². The van der Waals surface area contributed by atoms with Gasteiger partial charge in [0.05, 0.1) is 6.10 Å². The van der Waals surface area contributed by atoms with Crippen molar-refractivity contribution in [2.24, 2.45) is 5.41 Å². The van der Waals surface area contributed by atoms with Gasteiger partial charge in [0.1, 0.15) is 0 Å². The fraction of sp³-hybridized carbons (Fsp3) is 1.00. The van der Waals surface area contributed by atoms with Crippen LogP contribution in [0.15, 0.2) is 0 Å². The Hall–Kier alpha value is 0.170. The minimum atomic E-state index is 0. The molecule has 2 atom stereocenters. The Labute approximate surface area is 105 Å². The number of halogens is 1. The molecule has 0 radical (unpaired) electrons. The lowest BCUT2D eigenvalue weighted by molar-refractivity contribution is 0.0158. The molecule has 96 valence electrons. The fourth-order valence-electron chi connectivity index (χ4n) is 2.52. The van der Waals surface area contributed by atoms with Gasteiger partial charge in [-0.1, -0.05) is 6.92 Å². The van der Waals surface area contributed by atoms with Crippen molar-refractivity contribution in [2.75, 3.05) is 32.8 Å². The first-order valence-electron chi connectivity index (χ1n) is 6.32. The van der Waals surface area contributed by atoms with Crippen molar-refractivity contribution in [2.45, 2.75) is 38.7 Å². The molecule has 2 N–H and O–H groups in total. The molecular formula is C12H25ClN2O. The molecule has 4 heteroatoms. The van der Waals surface area contributed by atoms with Crippen LogP contribution in [0.1, 0.15) is 32.6 Å². The summed E-state index contributed by atoms with van der Waals surface area (Å²) < 4.78 is 5.70. The number of hydrogen-bond donors (Lipinski definition) is 2. The lowest BCUT2D eigenvalue weighted by atomic mass is 9.90. The smallest absolute Gasteiger partial charge is 0.0699 e. The molecule has 0 bridgehead atoms. The van der Waals surface area contributed by atoms with E-state index in [1.165, 1.54) is 32.2 Å². The molecule has 2 aliphatic rings. The highest BCUT2D eigenvalue weighted by molar-refractivity contribution is 5.85. The highest BCUT2D eigenvalue weighted by Crippen LogP contribution is 2.23. The standard InChI is InChI=1S/C12H24N2O.ClH/c1-12(5-6-13-9-12)10-14-8-11-4-2-3-7-15-11;/h11,13-14H,2-10H2,1H3;1H. The Bertz CT molecular complexity index is 189. The van der Waals surface area contributed by atoms with E-state index in [-0.39, 0.29) is 12.4 Å². The Balaban J connectivity index is 0.00000128. The van der Waals surface area contributed by atoms with Crippen molar-refractivity contribution in [3.05, 3.63) is 0 Å². The Morgan fingerprint density at radius 2 is 2.31 bits per heavy atom. The van der Waals surface area contributed by atoms with Gasteiger partial charge in [0.25, 0.3) is 0 Å². The van der Waals surface area contributed by atoms with Crippen molar-refractivity contribution in [1.82, 2.24) is 10.6 Å². The minimum Gasteiger partial charge on any atom is -0.377 e. The lowest BCUT2D eigenvalue weighted by Gasteiger charge is -2.27. The van der Waals surface area contributed by atoms with Gasteiger partial charge in [0.15, 0.2) is 0 Å². The Morgan fingerprint density at radius 1 is 1.44 bits per heavy atom. The molecule has 2 saturated heterocycles. The molecule has 16 heavy (non-hydrogen) atoms. The molecule has 0 aliphatic carbocycles. The monoisotopic (exact) mass is 248 g/mol. The third kappa shape index (κ3) is 4.21. The topological polar surface area (TPSA) is 33.3 Å². The summed E-state index contributed by atoms with van der Waals surface area (Å²) in [5.74, 6) is 0. The summed E-state index contributed by atoms with van der Waals surface area (Å²) >= 11 is 0. The summed E-state index contributed by atoms with van der Waals surface area (Å²) in [4.78, 5) is 0. The molecule has 0 aromatic heterocycles. The summed E-state index contributed by atoms with van der Waals surface area (Å²) in [6.07, 6.45) is 5.59. The van der Waals surface area contributed by atoms with Crippen LogP contribution in [-0.2, 0) is 4.74 Å². The van der Waals surface area contributed by atoms with Crippen LogP contribution < -0.4 is 10.6 Å². The van der Waals surface area contributed by atoms with Crippen molar-refractivity contribution in [1.29, 1.82) is 0 Å². The van der Waals surface area contributed by atoms with Crippen molar-refractivity contribution >= 4 is 12.4 Å². The maximum atomic E-state index is 5.70. The average Bonchev–Trinajstić information content (AvgIpc) is 2.67. The SMILES string of the molecule is CC1(CNCC2CCCCO2)CCNC1.Cl. The van der Waals surface area contributed by atoms with E-state index in [1.807, 2.05) is 0 Å². The van der Waals surface area contributed by atoms with Crippen LogP contribution in [0.2, 0.25) is 0 Å². The maximum absolute atomic E-state index is 5.70. The van der Waals surface area contributed by atoms with Gasteiger partial charge in [-0.15, -0.1) is 12.4 Å². The molecule has 2 fully saturated rings. The number of nitrogens with one attached hydrogen (secondary N) is 2. The zero-order valence-electron chi connectivity index (χ0n) is 10.3. The zero-order valence-corrected chi connectivity index (χ0v) is 11.1. The first kappa shape index (κ1) is 14.2. The van der Waals surface area contributed by atoms with Crippen LogP contribution in [0.25, 0.3) is 0 Å². The van der Waals surface area contributed by atoms with E-state index in [1.54, 1.807) is 0 Å². The van der Waals surface area contributed by atoms with Crippen LogP contribution in [0, 0.1) is 5.41 Å². The molecule has 0 spiro atoms. The molecular weight excluding hydrogens is 224 g/mol. The molecule has 0 aromatic rings. The molecule has 2 rings (SSSR count). The van der Waals surface area contributed by atoms with E-state index < -0.39 is 0 Å². The largest absolute Gasteiger partial charge is 0.377 e. The molecule has 0 amide bonds. The predicted molar refractivity (Wildman–Crippen MR) is 69.3 cm³/mol. The highest BCUT2D eigenvalue weighted by atomic mass is 35.5. The van der Waals surface area contributed by atoms with Gasteiger partial charge in [-0.2, -0.15) is 0 Å². The quantitative estimate of drug-likeness (QED) is 0.793. The Morgan fingerprint density at radius 3 is 2.94 bits per heavy atom. The molecule has 2 aliphatic heterocycles. The minimum absolute atomic E-state index is 0. The first-order chi connectivity index (χ1) is 7.29. The summed E-state index contributed by atoms with van der Waals surface area (Å²) in [6, 6.07) is 0. The summed E-state index contributed by atoms with van der Waals surface area (Å²) in [6.45, 7) is 7.83. The van der Waals surface area contributed by atoms with E-state index in [2.05, 4.69) is 17.6 Å². The maximum Gasteiger partial charge on any atom is 0.0699 e. The summed E-state index contributed by atoms with van der Waals surface area (Å²) in [5, 5.41) is 7.00. The molecule has 3 nitrogen and oxygen atoms in total. The third-order valence-electron chi connectivity index (χ3n) is 3.65. The van der Waals surface area contributed by atoms with Gasteiger partial charge in [0.2, 0.25) is 0 Å². The van der Waals surface area contributed by atoms with E-state index >= 15 is 0 Å². The van der Waals surface area contributed by atoms with Gasteiger partial charge in [-0.25, -0.2) is 0 Å². The van der Waals surface area contributed by atoms with Gasteiger partial charge < -0.3 is 15.4 Å². The van der Waals surface area contributed by atoms with E-state index in [4.69, 9.17) is 4.74 Å². The molecule has 0 saturated carbocycles. The molecule has 2 heterocycles. The second-order valence-corrected chi connectivity index (χ2v) is 5.36. The average molecular weight is 249 g/mol. The summed E-state index contributed by atoms with van der Waals surface area (Å²) in [7, 11) is 0. The normalized spacial score (nSPS) is 34.7. The van der Waals surface area contributed by atoms with E-state index in [0.29, 0.717) is 11.5 Å². The van der Waals surface area contributed by atoms with Crippen LogP contribution in [0.5, 0.6) is 0 Å². The van der Waals surface area contributed by atoms with Crippen LogP contribution in [0.4, 0.5) is 0 Å². The predicted octanol–water partition coefficient (Wildman–Crippen LogP) is 1.57. The van der Waals surface area contributed by atoms with Gasteiger partial charge in [0, 0.05) is 26.2 Å². The van der Waals surface area contributed by atoms with Gasteiger partial charge in [-0.3, -0.25) is 0 Å². The molecule has 2 unspecified atom stereocenters. The zero-order chi connectivity index (χ0) is 10.6. The lowest BCUT2D eigenvalue weighted by Crippen LogP contribution is -2.39. The second-order valence-electron chi connectivity index (χ2n) is 5.36.